The normalized spacial score (nSPS) is 16.5. The van der Waals surface area contributed by atoms with Crippen molar-refractivity contribution in [3.63, 3.8) is 0 Å². The zero-order chi connectivity index (χ0) is 17.3. The maximum Gasteiger partial charge on any atom is 0.230 e. The third-order valence-electron chi connectivity index (χ3n) is 4.20. The summed E-state index contributed by atoms with van der Waals surface area (Å²) in [6.45, 7) is 3.70. The summed E-state index contributed by atoms with van der Waals surface area (Å²) in [6.07, 6.45) is 1.68. The highest BCUT2D eigenvalue weighted by Crippen LogP contribution is 2.21. The van der Waals surface area contributed by atoms with E-state index >= 15 is 0 Å². The average Bonchev–Trinajstić information content (AvgIpc) is 3.18. The van der Waals surface area contributed by atoms with Crippen LogP contribution in [0.1, 0.15) is 17.4 Å². The number of nitrogens with zero attached hydrogens (tertiary/aromatic N) is 1. The van der Waals surface area contributed by atoms with Crippen LogP contribution in [0.15, 0.2) is 53.1 Å². The molecule has 3 rings (SSSR count). The van der Waals surface area contributed by atoms with Crippen molar-refractivity contribution in [2.75, 3.05) is 38.6 Å². The van der Waals surface area contributed by atoms with Crippen molar-refractivity contribution in [2.24, 2.45) is 0 Å². The van der Waals surface area contributed by atoms with Gasteiger partial charge in [-0.15, -0.1) is 11.8 Å². The van der Waals surface area contributed by atoms with Gasteiger partial charge >= 0.3 is 0 Å². The first-order valence-corrected chi connectivity index (χ1v) is 9.72. The van der Waals surface area contributed by atoms with Crippen LogP contribution in [-0.2, 0) is 15.3 Å². The Morgan fingerprint density at radius 2 is 1.96 bits per heavy atom. The van der Waals surface area contributed by atoms with Gasteiger partial charge in [-0.05, 0) is 17.7 Å². The number of carbonyl (C=O) groups is 1. The Kier molecular flexibility index (Phi) is 6.97. The average molecular weight is 360 g/mol. The molecule has 1 aliphatic heterocycles. The van der Waals surface area contributed by atoms with E-state index < -0.39 is 0 Å². The van der Waals surface area contributed by atoms with Crippen molar-refractivity contribution in [3.05, 3.63) is 60.1 Å². The van der Waals surface area contributed by atoms with Crippen molar-refractivity contribution < 1.29 is 13.9 Å². The molecule has 134 valence electrons. The number of amides is 1. The van der Waals surface area contributed by atoms with E-state index in [2.05, 4.69) is 22.3 Å². The first-order chi connectivity index (χ1) is 12.3. The van der Waals surface area contributed by atoms with Gasteiger partial charge in [0.2, 0.25) is 5.91 Å². The molecule has 25 heavy (non-hydrogen) atoms. The van der Waals surface area contributed by atoms with Crippen molar-refractivity contribution in [1.82, 2.24) is 10.2 Å². The summed E-state index contributed by atoms with van der Waals surface area (Å²) in [7, 11) is 0. The number of hydrogen-bond acceptors (Lipinski definition) is 5. The zero-order valence-electron chi connectivity index (χ0n) is 14.2. The summed E-state index contributed by atoms with van der Waals surface area (Å²) >= 11 is 1.63. The Hall–Kier alpha value is -1.76. The molecule has 2 aromatic rings. The molecular formula is C19H24N2O3S. The van der Waals surface area contributed by atoms with Crippen LogP contribution in [0, 0.1) is 0 Å². The lowest BCUT2D eigenvalue weighted by Gasteiger charge is -2.33. The molecule has 1 atom stereocenters. The van der Waals surface area contributed by atoms with Crippen LogP contribution in [-0.4, -0.2) is 49.4 Å². The standard InChI is InChI=1S/C19H24N2O3S/c22-19(15-25-14-16-5-2-1-3-6-16)20-13-17(18-7-4-10-24-18)21-8-11-23-12-9-21/h1-7,10,17H,8-9,11-15H2,(H,20,22). The smallest absolute Gasteiger partial charge is 0.230 e. The molecule has 2 heterocycles. The maximum absolute atomic E-state index is 12.2. The number of thioether (sulfide) groups is 1. The minimum absolute atomic E-state index is 0.0574. The molecule has 5 nitrogen and oxygen atoms in total. The van der Waals surface area contributed by atoms with Gasteiger partial charge in [0.1, 0.15) is 5.76 Å². The highest BCUT2D eigenvalue weighted by atomic mass is 32.2. The summed E-state index contributed by atoms with van der Waals surface area (Å²) in [4.78, 5) is 14.5. The molecule has 1 N–H and O–H groups in total. The van der Waals surface area contributed by atoms with Crippen LogP contribution in [0.5, 0.6) is 0 Å². The molecule has 1 unspecified atom stereocenters. The third-order valence-corrected chi connectivity index (χ3v) is 5.20. The Labute approximate surface area is 152 Å². The molecule has 1 fully saturated rings. The fraction of sp³-hybridized carbons (Fsp3) is 0.421. The lowest BCUT2D eigenvalue weighted by atomic mass is 10.1. The second kappa shape index (κ2) is 9.65. The lowest BCUT2D eigenvalue weighted by molar-refractivity contribution is -0.118. The SMILES string of the molecule is O=C(CSCc1ccccc1)NCC(c1ccco1)N1CCOCC1. The molecule has 0 bridgehead atoms. The minimum Gasteiger partial charge on any atom is -0.468 e. The number of nitrogens with one attached hydrogen (secondary N) is 1. The lowest BCUT2D eigenvalue weighted by Crippen LogP contribution is -2.44. The molecule has 1 aromatic heterocycles. The van der Waals surface area contributed by atoms with E-state index in [1.807, 2.05) is 30.3 Å². The number of ether oxygens (including phenoxy) is 1. The Morgan fingerprint density at radius 3 is 2.68 bits per heavy atom. The fourth-order valence-corrected chi connectivity index (χ4v) is 3.69. The van der Waals surface area contributed by atoms with Gasteiger partial charge < -0.3 is 14.5 Å². The van der Waals surface area contributed by atoms with Crippen LogP contribution in [0.2, 0.25) is 0 Å². The van der Waals surface area contributed by atoms with E-state index in [-0.39, 0.29) is 11.9 Å². The largest absolute Gasteiger partial charge is 0.468 e. The van der Waals surface area contributed by atoms with Gasteiger partial charge in [0.25, 0.3) is 0 Å². The van der Waals surface area contributed by atoms with E-state index in [4.69, 9.17) is 9.15 Å². The first-order valence-electron chi connectivity index (χ1n) is 8.56. The van der Waals surface area contributed by atoms with Crippen LogP contribution in [0.4, 0.5) is 0 Å². The number of furan rings is 1. The molecule has 0 spiro atoms. The molecule has 6 heteroatoms. The van der Waals surface area contributed by atoms with E-state index in [0.717, 1.165) is 37.8 Å². The van der Waals surface area contributed by atoms with Gasteiger partial charge in [-0.2, -0.15) is 0 Å². The van der Waals surface area contributed by atoms with Gasteiger partial charge in [0.15, 0.2) is 0 Å². The monoisotopic (exact) mass is 360 g/mol. The van der Waals surface area contributed by atoms with Gasteiger partial charge in [0, 0.05) is 25.4 Å². The summed E-state index contributed by atoms with van der Waals surface area (Å²) in [6, 6.07) is 14.1. The fourth-order valence-electron chi connectivity index (χ4n) is 2.88. The van der Waals surface area contributed by atoms with Gasteiger partial charge in [-0.1, -0.05) is 30.3 Å². The molecule has 0 aliphatic carbocycles. The van der Waals surface area contributed by atoms with Crippen LogP contribution < -0.4 is 5.32 Å². The maximum atomic E-state index is 12.2. The number of hydrogen-bond donors (Lipinski definition) is 1. The molecule has 1 saturated heterocycles. The Morgan fingerprint density at radius 1 is 1.16 bits per heavy atom. The number of carbonyl (C=O) groups excluding carboxylic acids is 1. The topological polar surface area (TPSA) is 54.7 Å². The number of morpholine rings is 1. The summed E-state index contributed by atoms with van der Waals surface area (Å²) in [5, 5.41) is 3.05. The van der Waals surface area contributed by atoms with Gasteiger partial charge in [0.05, 0.1) is 31.3 Å². The van der Waals surface area contributed by atoms with Crippen molar-refractivity contribution >= 4 is 17.7 Å². The van der Waals surface area contributed by atoms with Gasteiger partial charge in [-0.3, -0.25) is 9.69 Å². The minimum atomic E-state index is 0.0574. The van der Waals surface area contributed by atoms with Crippen LogP contribution in [0.3, 0.4) is 0 Å². The number of rotatable bonds is 8. The van der Waals surface area contributed by atoms with Crippen LogP contribution >= 0.6 is 11.8 Å². The Balaban J connectivity index is 1.46. The van der Waals surface area contributed by atoms with Crippen molar-refractivity contribution in [3.8, 4) is 0 Å². The number of benzene rings is 1. The van der Waals surface area contributed by atoms with Crippen molar-refractivity contribution in [2.45, 2.75) is 11.8 Å². The second-order valence-corrected chi connectivity index (χ2v) is 6.95. The van der Waals surface area contributed by atoms with E-state index in [1.54, 1.807) is 18.0 Å². The molecule has 1 aliphatic rings. The highest BCUT2D eigenvalue weighted by molar-refractivity contribution is 7.99. The first kappa shape index (κ1) is 18.0. The predicted octanol–water partition coefficient (Wildman–Crippen LogP) is 2.70. The quantitative estimate of drug-likeness (QED) is 0.784. The van der Waals surface area contributed by atoms with Gasteiger partial charge in [-0.25, -0.2) is 0 Å². The zero-order valence-corrected chi connectivity index (χ0v) is 15.0. The second-order valence-electron chi connectivity index (χ2n) is 5.96. The van der Waals surface area contributed by atoms with Crippen molar-refractivity contribution in [1.29, 1.82) is 0 Å². The van der Waals surface area contributed by atoms with Crippen LogP contribution in [0.25, 0.3) is 0 Å². The van der Waals surface area contributed by atoms with E-state index in [1.165, 1.54) is 5.56 Å². The summed E-state index contributed by atoms with van der Waals surface area (Å²) < 4.78 is 11.0. The van der Waals surface area contributed by atoms with E-state index in [9.17, 15) is 4.79 Å². The summed E-state index contributed by atoms with van der Waals surface area (Å²) in [5.74, 6) is 2.26. The van der Waals surface area contributed by atoms with E-state index in [0.29, 0.717) is 12.3 Å². The molecule has 0 saturated carbocycles. The molecular weight excluding hydrogens is 336 g/mol. The molecule has 1 aromatic carbocycles. The predicted molar refractivity (Wildman–Crippen MR) is 99.5 cm³/mol. The third kappa shape index (κ3) is 5.63. The highest BCUT2D eigenvalue weighted by Gasteiger charge is 2.25. The summed E-state index contributed by atoms with van der Waals surface area (Å²) in [5.41, 5.74) is 1.24. The molecule has 1 amide bonds. The Bertz CT molecular complexity index is 627. The molecule has 0 radical (unpaired) electrons.